The van der Waals surface area contributed by atoms with Crippen molar-refractivity contribution < 1.29 is 14.6 Å². The third-order valence-corrected chi connectivity index (χ3v) is 5.94. The molecule has 1 N–H and O–H groups in total. The van der Waals surface area contributed by atoms with E-state index in [9.17, 15) is 9.90 Å². The topological polar surface area (TPSA) is 49.8 Å². The Balaban J connectivity index is 1.83. The minimum atomic E-state index is -0.586. The average Bonchev–Trinajstić information content (AvgIpc) is 2.51. The molecule has 2 unspecified atom stereocenters. The molecule has 4 nitrogen and oxygen atoms in total. The van der Waals surface area contributed by atoms with Crippen LogP contribution in [0.5, 0.6) is 0 Å². The SMILES string of the molecule is CCCCCCCCCC1(O)CC2CCCC(C1)N2C(=O)OC(C)(C)C. The summed E-state index contributed by atoms with van der Waals surface area (Å²) >= 11 is 0. The Morgan fingerprint density at radius 1 is 1.04 bits per heavy atom. The molecule has 4 heteroatoms. The number of carbonyl (C=O) groups excluding carboxylic acids is 1. The van der Waals surface area contributed by atoms with Gasteiger partial charge in [0.1, 0.15) is 5.60 Å². The van der Waals surface area contributed by atoms with Crippen molar-refractivity contribution in [2.24, 2.45) is 0 Å². The number of aliphatic hydroxyl groups is 1. The highest BCUT2D eigenvalue weighted by molar-refractivity contribution is 5.69. The number of unbranched alkanes of at least 4 members (excludes halogenated alkanes) is 6. The highest BCUT2D eigenvalue weighted by atomic mass is 16.6. The van der Waals surface area contributed by atoms with Crippen LogP contribution in [0.3, 0.4) is 0 Å². The summed E-state index contributed by atoms with van der Waals surface area (Å²) in [5.74, 6) is 0. The van der Waals surface area contributed by atoms with E-state index >= 15 is 0 Å². The van der Waals surface area contributed by atoms with Crippen molar-refractivity contribution in [2.45, 2.75) is 134 Å². The Hall–Kier alpha value is -0.770. The number of carbonyl (C=O) groups is 1. The Labute approximate surface area is 160 Å². The summed E-state index contributed by atoms with van der Waals surface area (Å²) in [7, 11) is 0. The number of hydrogen-bond acceptors (Lipinski definition) is 3. The molecule has 26 heavy (non-hydrogen) atoms. The van der Waals surface area contributed by atoms with E-state index in [2.05, 4.69) is 6.92 Å². The van der Waals surface area contributed by atoms with Crippen molar-refractivity contribution in [3.8, 4) is 0 Å². The molecule has 2 bridgehead atoms. The van der Waals surface area contributed by atoms with E-state index in [4.69, 9.17) is 4.74 Å². The molecule has 1 amide bonds. The first-order valence-corrected chi connectivity index (χ1v) is 11.0. The number of ether oxygens (including phenoxy) is 1. The number of rotatable bonds is 8. The normalized spacial score (nSPS) is 28.9. The van der Waals surface area contributed by atoms with Crippen molar-refractivity contribution in [1.29, 1.82) is 0 Å². The highest BCUT2D eigenvalue weighted by Gasteiger charge is 2.47. The second-order valence-electron chi connectivity index (χ2n) is 9.63. The van der Waals surface area contributed by atoms with Crippen LogP contribution in [0.25, 0.3) is 0 Å². The molecule has 0 aromatic heterocycles. The lowest BCUT2D eigenvalue weighted by atomic mass is 9.73. The van der Waals surface area contributed by atoms with Gasteiger partial charge in [-0.1, -0.05) is 51.9 Å². The van der Waals surface area contributed by atoms with Gasteiger partial charge in [-0.2, -0.15) is 0 Å². The second-order valence-corrected chi connectivity index (χ2v) is 9.63. The smallest absolute Gasteiger partial charge is 0.410 e. The van der Waals surface area contributed by atoms with Gasteiger partial charge in [0.15, 0.2) is 0 Å². The van der Waals surface area contributed by atoms with Gasteiger partial charge in [0, 0.05) is 12.1 Å². The summed E-state index contributed by atoms with van der Waals surface area (Å²) in [4.78, 5) is 14.6. The molecule has 0 aromatic carbocycles. The molecule has 2 heterocycles. The van der Waals surface area contributed by atoms with Crippen molar-refractivity contribution in [3.63, 3.8) is 0 Å². The maximum absolute atomic E-state index is 12.6. The summed E-state index contributed by atoms with van der Waals surface area (Å²) in [5.41, 5.74) is -1.05. The maximum atomic E-state index is 12.6. The van der Waals surface area contributed by atoms with Crippen molar-refractivity contribution >= 4 is 6.09 Å². The molecule has 0 saturated carbocycles. The predicted molar refractivity (Wildman–Crippen MR) is 106 cm³/mol. The monoisotopic (exact) mass is 367 g/mol. The van der Waals surface area contributed by atoms with Crippen molar-refractivity contribution in [3.05, 3.63) is 0 Å². The summed E-state index contributed by atoms with van der Waals surface area (Å²) in [6.45, 7) is 8.00. The minimum Gasteiger partial charge on any atom is -0.444 e. The predicted octanol–water partition coefficient (Wildman–Crippen LogP) is 5.81. The molecule has 152 valence electrons. The van der Waals surface area contributed by atoms with Gasteiger partial charge in [0.05, 0.1) is 5.60 Å². The van der Waals surface area contributed by atoms with E-state index in [1.807, 2.05) is 25.7 Å². The maximum Gasteiger partial charge on any atom is 0.410 e. The van der Waals surface area contributed by atoms with Gasteiger partial charge < -0.3 is 14.7 Å². The third-order valence-electron chi connectivity index (χ3n) is 5.94. The number of fused-ring (bicyclic) bond motifs is 2. The average molecular weight is 368 g/mol. The fourth-order valence-electron chi connectivity index (χ4n) is 4.75. The summed E-state index contributed by atoms with van der Waals surface area (Å²) in [5, 5.41) is 11.2. The van der Waals surface area contributed by atoms with E-state index < -0.39 is 11.2 Å². The molecule has 2 rings (SSSR count). The van der Waals surface area contributed by atoms with Crippen LogP contribution in [0.15, 0.2) is 0 Å². The first kappa shape index (κ1) is 21.5. The Morgan fingerprint density at radius 2 is 1.58 bits per heavy atom. The van der Waals surface area contributed by atoms with Gasteiger partial charge in [-0.25, -0.2) is 4.79 Å². The fraction of sp³-hybridized carbons (Fsp3) is 0.955. The standard InChI is InChI=1S/C22H41NO3/c1-5-6-7-8-9-10-11-15-22(25)16-18-13-12-14-19(17-22)23(18)20(24)26-21(2,3)4/h18-19,25H,5-17H2,1-4H3. The Bertz CT molecular complexity index is 429. The van der Waals surface area contributed by atoms with E-state index in [1.54, 1.807) is 0 Å². The zero-order chi connectivity index (χ0) is 19.2. The van der Waals surface area contributed by atoms with Crippen LogP contribution < -0.4 is 0 Å². The molecule has 2 aliphatic rings. The first-order chi connectivity index (χ1) is 12.2. The zero-order valence-electron chi connectivity index (χ0n) is 17.6. The molecule has 2 aliphatic heterocycles. The van der Waals surface area contributed by atoms with Crippen molar-refractivity contribution in [2.75, 3.05) is 0 Å². The summed E-state index contributed by atoms with van der Waals surface area (Å²) in [6, 6.07) is 0.291. The lowest BCUT2D eigenvalue weighted by molar-refractivity contribution is -0.0965. The molecule has 0 aliphatic carbocycles. The van der Waals surface area contributed by atoms with Gasteiger partial charge in [-0.15, -0.1) is 0 Å². The lowest BCUT2D eigenvalue weighted by Crippen LogP contribution is -2.60. The summed E-state index contributed by atoms with van der Waals surface area (Å²) < 4.78 is 5.63. The van der Waals surface area contributed by atoms with E-state index in [0.717, 1.165) is 44.9 Å². The van der Waals surface area contributed by atoms with Crippen LogP contribution in [0, 0.1) is 0 Å². The van der Waals surface area contributed by atoms with Crippen LogP contribution in [0.4, 0.5) is 4.79 Å². The zero-order valence-corrected chi connectivity index (χ0v) is 17.6. The summed E-state index contributed by atoms with van der Waals surface area (Å²) in [6.07, 6.45) is 14.2. The van der Waals surface area contributed by atoms with Gasteiger partial charge >= 0.3 is 6.09 Å². The molecule has 2 saturated heterocycles. The van der Waals surface area contributed by atoms with Gasteiger partial charge in [0.2, 0.25) is 0 Å². The van der Waals surface area contributed by atoms with E-state index in [-0.39, 0.29) is 18.2 Å². The Morgan fingerprint density at radius 3 is 2.12 bits per heavy atom. The van der Waals surface area contributed by atoms with Crippen LogP contribution in [-0.2, 0) is 4.74 Å². The molecular formula is C22H41NO3. The molecule has 2 atom stereocenters. The number of piperidine rings is 2. The van der Waals surface area contributed by atoms with Crippen LogP contribution in [-0.4, -0.2) is 39.4 Å². The Kier molecular flexibility index (Phi) is 7.81. The molecule has 0 radical (unpaired) electrons. The number of amides is 1. The van der Waals surface area contributed by atoms with E-state index in [1.165, 1.54) is 38.5 Å². The van der Waals surface area contributed by atoms with Gasteiger partial charge in [-0.05, 0) is 59.3 Å². The lowest BCUT2D eigenvalue weighted by Gasteiger charge is -2.51. The highest BCUT2D eigenvalue weighted by Crippen LogP contribution is 2.42. The fourth-order valence-corrected chi connectivity index (χ4v) is 4.75. The van der Waals surface area contributed by atoms with Crippen molar-refractivity contribution in [1.82, 2.24) is 4.90 Å². The van der Waals surface area contributed by atoms with Gasteiger partial charge in [0.25, 0.3) is 0 Å². The van der Waals surface area contributed by atoms with Crippen LogP contribution >= 0.6 is 0 Å². The van der Waals surface area contributed by atoms with Gasteiger partial charge in [-0.3, -0.25) is 0 Å². The van der Waals surface area contributed by atoms with Crippen LogP contribution in [0.1, 0.15) is 111 Å². The molecule has 0 spiro atoms. The minimum absolute atomic E-state index is 0.145. The second kappa shape index (κ2) is 9.43. The molecule has 2 fully saturated rings. The van der Waals surface area contributed by atoms with Crippen LogP contribution in [0.2, 0.25) is 0 Å². The quantitative estimate of drug-likeness (QED) is 0.551. The molecular weight excluding hydrogens is 326 g/mol. The van der Waals surface area contributed by atoms with E-state index in [0.29, 0.717) is 0 Å². The third kappa shape index (κ3) is 6.44. The first-order valence-electron chi connectivity index (χ1n) is 11.0. The number of hydrogen-bond donors (Lipinski definition) is 1. The molecule has 0 aromatic rings. The largest absolute Gasteiger partial charge is 0.444 e. The number of nitrogens with zero attached hydrogens (tertiary/aromatic N) is 1.